The zero-order valence-corrected chi connectivity index (χ0v) is 13.4. The van der Waals surface area contributed by atoms with E-state index in [2.05, 4.69) is 5.32 Å². The molecule has 0 aliphatic carbocycles. The van der Waals surface area contributed by atoms with E-state index in [1.54, 1.807) is 38.1 Å². The molecule has 0 spiro atoms. The van der Waals surface area contributed by atoms with E-state index in [1.165, 1.54) is 13.2 Å². The SMILES string of the molecule is COc1ccc(Cl)cc1C(=O)NCC(C)(O)c1ccc(C)o1. The number of hydrogen-bond acceptors (Lipinski definition) is 4. The molecule has 0 saturated heterocycles. The van der Waals surface area contributed by atoms with Gasteiger partial charge in [0.25, 0.3) is 5.91 Å². The van der Waals surface area contributed by atoms with Crippen LogP contribution >= 0.6 is 11.6 Å². The van der Waals surface area contributed by atoms with Crippen molar-refractivity contribution in [1.82, 2.24) is 5.32 Å². The van der Waals surface area contributed by atoms with Crippen molar-refractivity contribution in [3.05, 3.63) is 52.4 Å². The summed E-state index contributed by atoms with van der Waals surface area (Å²) in [6.07, 6.45) is 0. The molecule has 0 aliphatic rings. The summed E-state index contributed by atoms with van der Waals surface area (Å²) in [5, 5.41) is 13.5. The van der Waals surface area contributed by atoms with Crippen molar-refractivity contribution in [1.29, 1.82) is 0 Å². The summed E-state index contributed by atoms with van der Waals surface area (Å²) >= 11 is 5.91. The van der Waals surface area contributed by atoms with Crippen molar-refractivity contribution in [2.45, 2.75) is 19.4 Å². The van der Waals surface area contributed by atoms with Crippen LogP contribution in [0.4, 0.5) is 0 Å². The van der Waals surface area contributed by atoms with Crippen LogP contribution in [0.25, 0.3) is 0 Å². The Morgan fingerprint density at radius 3 is 2.73 bits per heavy atom. The van der Waals surface area contributed by atoms with Gasteiger partial charge in [-0.3, -0.25) is 4.79 Å². The van der Waals surface area contributed by atoms with Crippen LogP contribution in [0.1, 0.15) is 28.8 Å². The Morgan fingerprint density at radius 2 is 2.14 bits per heavy atom. The largest absolute Gasteiger partial charge is 0.496 e. The third-order valence-electron chi connectivity index (χ3n) is 3.27. The summed E-state index contributed by atoms with van der Waals surface area (Å²) in [5.41, 5.74) is -1.00. The number of halogens is 1. The monoisotopic (exact) mass is 323 g/mol. The number of benzene rings is 1. The summed E-state index contributed by atoms with van der Waals surface area (Å²) in [6.45, 7) is 3.35. The van der Waals surface area contributed by atoms with Crippen molar-refractivity contribution in [3.63, 3.8) is 0 Å². The summed E-state index contributed by atoms with van der Waals surface area (Å²) < 4.78 is 10.5. The van der Waals surface area contributed by atoms with E-state index in [4.69, 9.17) is 20.8 Å². The van der Waals surface area contributed by atoms with Crippen LogP contribution in [0.3, 0.4) is 0 Å². The van der Waals surface area contributed by atoms with Crippen LogP contribution in [0.5, 0.6) is 5.75 Å². The minimum Gasteiger partial charge on any atom is -0.496 e. The number of methoxy groups -OCH3 is 1. The van der Waals surface area contributed by atoms with Crippen LogP contribution < -0.4 is 10.1 Å². The Balaban J connectivity index is 2.11. The summed E-state index contributed by atoms with van der Waals surface area (Å²) in [6, 6.07) is 8.21. The zero-order valence-electron chi connectivity index (χ0n) is 12.6. The Hall–Kier alpha value is -1.98. The predicted molar refractivity (Wildman–Crippen MR) is 83.4 cm³/mol. The number of hydrogen-bond donors (Lipinski definition) is 2. The zero-order chi connectivity index (χ0) is 16.3. The molecule has 1 atom stereocenters. The fourth-order valence-electron chi connectivity index (χ4n) is 2.02. The number of aliphatic hydroxyl groups is 1. The molecule has 0 saturated carbocycles. The molecule has 5 nitrogen and oxygen atoms in total. The number of ether oxygens (including phenoxy) is 1. The lowest BCUT2D eigenvalue weighted by atomic mass is 10.0. The minimum atomic E-state index is -1.31. The predicted octanol–water partition coefficient (Wildman–Crippen LogP) is 2.89. The first-order valence-electron chi connectivity index (χ1n) is 6.74. The molecule has 118 valence electrons. The van der Waals surface area contributed by atoms with Crippen molar-refractivity contribution < 1.29 is 19.1 Å². The average molecular weight is 324 g/mol. The van der Waals surface area contributed by atoms with Crippen LogP contribution in [-0.2, 0) is 5.60 Å². The third-order valence-corrected chi connectivity index (χ3v) is 3.51. The van der Waals surface area contributed by atoms with E-state index in [9.17, 15) is 9.90 Å². The number of nitrogens with one attached hydrogen (secondary N) is 1. The Labute approximate surface area is 133 Å². The normalized spacial score (nSPS) is 13.5. The number of rotatable bonds is 5. The maximum absolute atomic E-state index is 12.3. The van der Waals surface area contributed by atoms with Gasteiger partial charge in [-0.25, -0.2) is 0 Å². The van der Waals surface area contributed by atoms with Crippen molar-refractivity contribution in [2.24, 2.45) is 0 Å². The second-order valence-electron chi connectivity index (χ2n) is 5.21. The molecule has 0 bridgehead atoms. The molecule has 1 aromatic heterocycles. The maximum Gasteiger partial charge on any atom is 0.255 e. The van der Waals surface area contributed by atoms with Gasteiger partial charge in [0.1, 0.15) is 22.9 Å². The second-order valence-corrected chi connectivity index (χ2v) is 5.65. The third kappa shape index (κ3) is 3.61. The molecule has 0 fully saturated rings. The highest BCUT2D eigenvalue weighted by Crippen LogP contribution is 2.24. The average Bonchev–Trinajstić information content (AvgIpc) is 2.92. The summed E-state index contributed by atoms with van der Waals surface area (Å²) in [7, 11) is 1.47. The molecule has 1 unspecified atom stereocenters. The van der Waals surface area contributed by atoms with E-state index in [0.717, 1.165) is 0 Å². The van der Waals surface area contributed by atoms with E-state index in [-0.39, 0.29) is 12.5 Å². The molecule has 1 aromatic carbocycles. The smallest absolute Gasteiger partial charge is 0.255 e. The Kier molecular flexibility index (Phi) is 4.78. The molecule has 1 heterocycles. The topological polar surface area (TPSA) is 71.7 Å². The van der Waals surface area contributed by atoms with Crippen molar-refractivity contribution >= 4 is 17.5 Å². The van der Waals surface area contributed by atoms with Gasteiger partial charge >= 0.3 is 0 Å². The van der Waals surface area contributed by atoms with Gasteiger partial charge in [-0.2, -0.15) is 0 Å². The van der Waals surface area contributed by atoms with Gasteiger partial charge in [0.2, 0.25) is 0 Å². The number of amides is 1. The lowest BCUT2D eigenvalue weighted by molar-refractivity contribution is 0.0323. The molecule has 22 heavy (non-hydrogen) atoms. The van der Waals surface area contributed by atoms with Crippen molar-refractivity contribution in [3.8, 4) is 5.75 Å². The minimum absolute atomic E-state index is 0.00550. The van der Waals surface area contributed by atoms with Crippen LogP contribution in [0.15, 0.2) is 34.7 Å². The molecule has 6 heteroatoms. The number of carbonyl (C=O) groups excluding carboxylic acids is 1. The maximum atomic E-state index is 12.3. The fraction of sp³-hybridized carbons (Fsp3) is 0.312. The summed E-state index contributed by atoms with van der Waals surface area (Å²) in [4.78, 5) is 12.3. The molecular weight excluding hydrogens is 306 g/mol. The van der Waals surface area contributed by atoms with Gasteiger partial charge in [-0.1, -0.05) is 11.6 Å². The van der Waals surface area contributed by atoms with E-state index < -0.39 is 5.60 Å². The molecule has 2 rings (SSSR count). The molecule has 2 aromatic rings. The molecular formula is C16H18ClNO4. The summed E-state index contributed by atoms with van der Waals surface area (Å²) in [5.74, 6) is 1.11. The van der Waals surface area contributed by atoms with Crippen LogP contribution in [0, 0.1) is 6.92 Å². The molecule has 0 aliphatic heterocycles. The van der Waals surface area contributed by atoms with Gasteiger partial charge in [0.05, 0.1) is 19.2 Å². The Morgan fingerprint density at radius 1 is 1.41 bits per heavy atom. The van der Waals surface area contributed by atoms with Crippen LogP contribution in [-0.4, -0.2) is 24.7 Å². The first-order chi connectivity index (χ1) is 10.3. The van der Waals surface area contributed by atoms with Crippen LogP contribution in [0.2, 0.25) is 5.02 Å². The molecule has 1 amide bonds. The van der Waals surface area contributed by atoms with Crippen molar-refractivity contribution in [2.75, 3.05) is 13.7 Å². The lowest BCUT2D eigenvalue weighted by Crippen LogP contribution is -2.38. The molecule has 0 radical (unpaired) electrons. The van der Waals surface area contributed by atoms with Gasteiger partial charge in [-0.15, -0.1) is 0 Å². The van der Waals surface area contributed by atoms with Gasteiger partial charge < -0.3 is 19.6 Å². The molecule has 2 N–H and O–H groups in total. The number of furan rings is 1. The number of aryl methyl sites for hydroxylation is 1. The quantitative estimate of drug-likeness (QED) is 0.887. The van der Waals surface area contributed by atoms with E-state index in [0.29, 0.717) is 27.9 Å². The van der Waals surface area contributed by atoms with Gasteiger partial charge in [0, 0.05) is 5.02 Å². The fourth-order valence-corrected chi connectivity index (χ4v) is 2.19. The van der Waals surface area contributed by atoms with Gasteiger partial charge in [-0.05, 0) is 44.2 Å². The standard InChI is InChI=1S/C16H18ClNO4/c1-10-4-7-14(22-10)16(2,20)9-18-15(19)12-8-11(17)5-6-13(12)21-3/h4-8,20H,9H2,1-3H3,(H,18,19). The first-order valence-corrected chi connectivity index (χ1v) is 7.12. The van der Waals surface area contributed by atoms with E-state index >= 15 is 0 Å². The van der Waals surface area contributed by atoms with Gasteiger partial charge in [0.15, 0.2) is 0 Å². The highest BCUT2D eigenvalue weighted by atomic mass is 35.5. The first kappa shape index (κ1) is 16.4. The van der Waals surface area contributed by atoms with E-state index in [1.807, 2.05) is 0 Å². The highest BCUT2D eigenvalue weighted by molar-refractivity contribution is 6.31. The second kappa shape index (κ2) is 6.42. The lowest BCUT2D eigenvalue weighted by Gasteiger charge is -2.21. The Bertz CT molecular complexity index is 679. The number of carbonyl (C=O) groups is 1. The highest BCUT2D eigenvalue weighted by Gasteiger charge is 2.28.